The summed E-state index contributed by atoms with van der Waals surface area (Å²) < 4.78 is 1.87. The van der Waals surface area contributed by atoms with Gasteiger partial charge in [0, 0.05) is 46.0 Å². The molecule has 0 bridgehead atoms. The van der Waals surface area contributed by atoms with Crippen LogP contribution in [0.4, 0.5) is 0 Å². The van der Waals surface area contributed by atoms with Crippen LogP contribution in [0.2, 0.25) is 0 Å². The quantitative estimate of drug-likeness (QED) is 0.489. The Morgan fingerprint density at radius 3 is 2.36 bits per heavy atom. The molecule has 1 aliphatic heterocycles. The van der Waals surface area contributed by atoms with Crippen molar-refractivity contribution in [2.45, 2.75) is 58.3 Å². The number of carbonyl (C=O) groups is 4. The molecule has 11 nitrogen and oxygen atoms in total. The van der Waals surface area contributed by atoms with Crippen molar-refractivity contribution in [1.29, 1.82) is 0 Å². The molecule has 1 saturated heterocycles. The molecule has 1 aromatic heterocycles. The first-order valence-electron chi connectivity index (χ1n) is 13.4. The highest BCUT2D eigenvalue weighted by atomic mass is 16.2. The van der Waals surface area contributed by atoms with Gasteiger partial charge in [-0.25, -0.2) is 4.98 Å². The van der Waals surface area contributed by atoms with E-state index in [2.05, 4.69) is 20.9 Å². The molecule has 0 saturated carbocycles. The molecule has 3 rings (SSSR count). The van der Waals surface area contributed by atoms with Crippen molar-refractivity contribution in [3.63, 3.8) is 0 Å². The van der Waals surface area contributed by atoms with E-state index >= 15 is 0 Å². The van der Waals surface area contributed by atoms with Crippen molar-refractivity contribution in [3.8, 4) is 0 Å². The van der Waals surface area contributed by atoms with Crippen molar-refractivity contribution in [2.24, 2.45) is 13.0 Å². The highest BCUT2D eigenvalue weighted by Gasteiger charge is 2.32. The van der Waals surface area contributed by atoms with Crippen LogP contribution in [0.15, 0.2) is 42.7 Å². The second kappa shape index (κ2) is 13.9. The van der Waals surface area contributed by atoms with Crippen molar-refractivity contribution in [1.82, 2.24) is 35.3 Å². The number of aryl methyl sites for hydroxylation is 1. The zero-order valence-electron chi connectivity index (χ0n) is 23.5. The van der Waals surface area contributed by atoms with E-state index in [1.54, 1.807) is 20.2 Å². The molecule has 1 aromatic carbocycles. The summed E-state index contributed by atoms with van der Waals surface area (Å²) >= 11 is 0. The fraction of sp³-hybridized carbons (Fsp3) is 0.536. The molecule has 212 valence electrons. The maximum Gasteiger partial charge on any atom is 0.245 e. The van der Waals surface area contributed by atoms with Crippen LogP contribution in [-0.4, -0.2) is 87.8 Å². The van der Waals surface area contributed by atoms with E-state index in [4.69, 9.17) is 0 Å². The molecule has 1 aliphatic rings. The predicted molar refractivity (Wildman–Crippen MR) is 147 cm³/mol. The summed E-state index contributed by atoms with van der Waals surface area (Å²) in [6, 6.07) is 6.99. The van der Waals surface area contributed by atoms with Crippen LogP contribution in [0.1, 0.15) is 38.6 Å². The van der Waals surface area contributed by atoms with E-state index in [1.165, 1.54) is 4.90 Å². The summed E-state index contributed by atoms with van der Waals surface area (Å²) in [6.07, 6.45) is 4.25. The molecule has 0 radical (unpaired) electrons. The molecule has 1 fully saturated rings. The number of aromatic nitrogens is 2. The predicted octanol–water partition coefficient (Wildman–Crippen LogP) is 0.457. The fourth-order valence-corrected chi connectivity index (χ4v) is 4.52. The maximum absolute atomic E-state index is 13.5. The first-order valence-corrected chi connectivity index (χ1v) is 13.4. The summed E-state index contributed by atoms with van der Waals surface area (Å²) in [7, 11) is 3.42. The van der Waals surface area contributed by atoms with Gasteiger partial charge in [0.2, 0.25) is 23.6 Å². The molecule has 0 unspecified atom stereocenters. The van der Waals surface area contributed by atoms with E-state index in [9.17, 15) is 19.2 Å². The zero-order chi connectivity index (χ0) is 28.5. The van der Waals surface area contributed by atoms with Crippen molar-refractivity contribution < 1.29 is 19.2 Å². The summed E-state index contributed by atoms with van der Waals surface area (Å²) in [6.45, 7) is 6.61. The van der Waals surface area contributed by atoms with E-state index < -0.39 is 24.0 Å². The first-order chi connectivity index (χ1) is 18.5. The van der Waals surface area contributed by atoms with Gasteiger partial charge in [0.1, 0.15) is 23.9 Å². The Morgan fingerprint density at radius 1 is 1.00 bits per heavy atom. The van der Waals surface area contributed by atoms with Gasteiger partial charge in [-0.05, 0) is 24.8 Å². The van der Waals surface area contributed by atoms with Gasteiger partial charge in [0.05, 0.1) is 13.1 Å². The van der Waals surface area contributed by atoms with Gasteiger partial charge >= 0.3 is 0 Å². The third kappa shape index (κ3) is 8.64. The van der Waals surface area contributed by atoms with Crippen LogP contribution in [0.25, 0.3) is 0 Å². The standard InChI is InChI=1S/C28H41N7O4/c1-19(2)15-23-28(39)34(5)20(3)26(37)32-22(16-21-9-7-6-8-10-21)27(38)30-12-14-35(18-25(36)31-23)17-24-29-11-13-33(24)4/h6-11,13,19-20,22-23H,12,14-18H2,1-5H3,(H,30,38)(H,31,36)(H,32,37)/t20-,22-,23-/m0/s1. The highest BCUT2D eigenvalue weighted by Crippen LogP contribution is 2.12. The Balaban J connectivity index is 1.89. The van der Waals surface area contributed by atoms with Gasteiger partial charge in [0.15, 0.2) is 0 Å². The molecule has 2 aromatic rings. The number of amides is 4. The SMILES string of the molecule is CC(C)C[C@@H]1NC(=O)CN(Cc2nccn2C)CCNC(=O)[C@H](Cc2ccccc2)NC(=O)[C@H](C)N(C)C1=O. The Hall–Kier alpha value is -3.73. The first kappa shape index (κ1) is 29.8. The number of nitrogens with one attached hydrogen (secondary N) is 3. The van der Waals surface area contributed by atoms with E-state index in [0.717, 1.165) is 11.4 Å². The van der Waals surface area contributed by atoms with Crippen molar-refractivity contribution in [2.75, 3.05) is 26.7 Å². The zero-order valence-corrected chi connectivity index (χ0v) is 23.5. The average molecular weight is 540 g/mol. The average Bonchev–Trinajstić information content (AvgIpc) is 3.30. The Labute approximate surface area is 230 Å². The van der Waals surface area contributed by atoms with Crippen LogP contribution in [0.5, 0.6) is 0 Å². The molecule has 0 spiro atoms. The molecule has 3 atom stereocenters. The Kier molecular flexibility index (Phi) is 10.6. The third-order valence-electron chi connectivity index (χ3n) is 6.94. The Bertz CT molecular complexity index is 1130. The number of likely N-dealkylation sites (N-methyl/N-ethyl adjacent to an activating group) is 1. The second-order valence-electron chi connectivity index (χ2n) is 10.6. The van der Waals surface area contributed by atoms with E-state index in [-0.39, 0.29) is 36.7 Å². The van der Waals surface area contributed by atoms with Gasteiger partial charge in [-0.1, -0.05) is 44.2 Å². The minimum absolute atomic E-state index is 0.0223. The summed E-state index contributed by atoms with van der Waals surface area (Å²) in [5, 5.41) is 8.65. The lowest BCUT2D eigenvalue weighted by Gasteiger charge is -2.30. The summed E-state index contributed by atoms with van der Waals surface area (Å²) in [5.74, 6) is -0.527. The number of carbonyl (C=O) groups excluding carboxylic acids is 4. The van der Waals surface area contributed by atoms with Crippen LogP contribution < -0.4 is 16.0 Å². The van der Waals surface area contributed by atoms with Crippen LogP contribution >= 0.6 is 0 Å². The van der Waals surface area contributed by atoms with Gasteiger partial charge < -0.3 is 25.4 Å². The molecular weight excluding hydrogens is 498 g/mol. The molecule has 4 amide bonds. The molecule has 39 heavy (non-hydrogen) atoms. The monoisotopic (exact) mass is 539 g/mol. The van der Waals surface area contributed by atoms with Crippen LogP contribution in [-0.2, 0) is 39.2 Å². The van der Waals surface area contributed by atoms with Crippen molar-refractivity contribution in [3.05, 3.63) is 54.1 Å². The fourth-order valence-electron chi connectivity index (χ4n) is 4.52. The lowest BCUT2D eigenvalue weighted by Crippen LogP contribution is -2.56. The van der Waals surface area contributed by atoms with Gasteiger partial charge in [-0.3, -0.25) is 24.1 Å². The molecule has 0 aliphatic carbocycles. The lowest BCUT2D eigenvalue weighted by molar-refractivity contribution is -0.142. The Morgan fingerprint density at radius 2 is 1.72 bits per heavy atom. The topological polar surface area (TPSA) is 129 Å². The van der Waals surface area contributed by atoms with E-state index in [0.29, 0.717) is 25.9 Å². The highest BCUT2D eigenvalue weighted by molar-refractivity contribution is 5.94. The number of imidazole rings is 1. The van der Waals surface area contributed by atoms with Gasteiger partial charge in [-0.2, -0.15) is 0 Å². The lowest BCUT2D eigenvalue weighted by atomic mass is 10.0. The number of hydrogen-bond acceptors (Lipinski definition) is 6. The number of hydrogen-bond donors (Lipinski definition) is 3. The summed E-state index contributed by atoms with van der Waals surface area (Å²) in [4.78, 5) is 60.7. The molecule has 11 heteroatoms. The largest absolute Gasteiger partial charge is 0.353 e. The van der Waals surface area contributed by atoms with Gasteiger partial charge in [0.25, 0.3) is 0 Å². The minimum Gasteiger partial charge on any atom is -0.353 e. The molecular formula is C28H41N7O4. The van der Waals surface area contributed by atoms with Gasteiger partial charge in [-0.15, -0.1) is 0 Å². The smallest absolute Gasteiger partial charge is 0.245 e. The molecule has 3 N–H and O–H groups in total. The minimum atomic E-state index is -0.847. The van der Waals surface area contributed by atoms with Crippen LogP contribution in [0.3, 0.4) is 0 Å². The number of benzene rings is 1. The number of nitrogens with zero attached hydrogens (tertiary/aromatic N) is 4. The maximum atomic E-state index is 13.5. The van der Waals surface area contributed by atoms with Crippen molar-refractivity contribution >= 4 is 23.6 Å². The molecule has 2 heterocycles. The normalized spacial score (nSPS) is 22.6. The van der Waals surface area contributed by atoms with E-state index in [1.807, 2.05) is 66.9 Å². The number of rotatable bonds is 6. The second-order valence-corrected chi connectivity index (χ2v) is 10.6. The van der Waals surface area contributed by atoms with Crippen LogP contribution in [0, 0.1) is 5.92 Å². The summed E-state index contributed by atoms with van der Waals surface area (Å²) in [5.41, 5.74) is 0.899. The third-order valence-corrected chi connectivity index (χ3v) is 6.94.